The van der Waals surface area contributed by atoms with Crippen molar-refractivity contribution in [2.24, 2.45) is 0 Å². The summed E-state index contributed by atoms with van der Waals surface area (Å²) in [6, 6.07) is 0. The van der Waals surface area contributed by atoms with E-state index in [1.807, 2.05) is 0 Å². The van der Waals surface area contributed by atoms with Crippen LogP contribution >= 0.6 is 0 Å². The number of hydrogen-bond acceptors (Lipinski definition) is 1. The molecule has 0 aliphatic carbocycles. The van der Waals surface area contributed by atoms with Crippen LogP contribution in [0.15, 0.2) is 11.8 Å². The van der Waals surface area contributed by atoms with Crippen molar-refractivity contribution in [1.82, 2.24) is 0 Å². The third-order valence-electron chi connectivity index (χ3n) is 0.418. The average Bonchev–Trinajstić information content (AvgIpc) is 1.27. The van der Waals surface area contributed by atoms with Crippen LogP contribution in [0, 0.1) is 0 Å². The topological polar surface area (TPSA) is 41.6 Å². The first kappa shape index (κ1) is 10.8. The van der Waals surface area contributed by atoms with Crippen LogP contribution in [0.2, 0.25) is 0 Å². The minimum atomic E-state index is 0. The van der Waals surface area contributed by atoms with Gasteiger partial charge in [-0.25, -0.2) is 0 Å². The van der Waals surface area contributed by atoms with Gasteiger partial charge in [-0.3, -0.25) is 4.79 Å². The molecule has 0 spiro atoms. The molecule has 0 aliphatic rings. The van der Waals surface area contributed by atoms with Gasteiger partial charge in [-0.05, 0) is 6.92 Å². The first-order chi connectivity index (χ1) is 3.13. The van der Waals surface area contributed by atoms with Crippen LogP contribution in [0.4, 0.5) is 0 Å². The molecule has 0 aromatic heterocycles. The molecule has 0 heterocycles. The van der Waals surface area contributed by atoms with Crippen LogP contribution in [0.5, 0.6) is 0 Å². The molecule has 8 heavy (non-hydrogen) atoms. The standard InChI is InChI=1S/C5H8O2.Ir/c1-4(6)3-5(2)7;/h3,6H,1-2H3;/p+1/b4-3-;. The van der Waals surface area contributed by atoms with E-state index < -0.39 is 0 Å². The van der Waals surface area contributed by atoms with Crippen LogP contribution < -0.4 is 0 Å². The molecule has 0 rings (SSSR count). The van der Waals surface area contributed by atoms with Gasteiger partial charge in [-0.15, -0.1) is 0 Å². The Morgan fingerprint density at radius 2 is 1.88 bits per heavy atom. The zero-order valence-corrected chi connectivity index (χ0v) is 7.20. The molecule has 0 atom stereocenters. The number of aliphatic hydroxyl groups is 1. The van der Waals surface area contributed by atoms with Gasteiger partial charge >= 0.3 is 5.78 Å². The molecule has 0 aromatic carbocycles. The van der Waals surface area contributed by atoms with E-state index in [-0.39, 0.29) is 31.6 Å². The third kappa shape index (κ3) is 9.29. The number of ketones is 1. The normalized spacial score (nSPS) is 10.0. The first-order valence-corrected chi connectivity index (χ1v) is 2.02. The van der Waals surface area contributed by atoms with Gasteiger partial charge in [0.2, 0.25) is 0 Å². The molecule has 0 aromatic rings. The quantitative estimate of drug-likeness (QED) is 0.437. The van der Waals surface area contributed by atoms with Gasteiger partial charge in [0.25, 0.3) is 0 Å². The van der Waals surface area contributed by atoms with Gasteiger partial charge in [0.05, 0.1) is 18.8 Å². The SMILES string of the molecule is CC(=[OH+])/C=C(/C)O.[Ir]. The van der Waals surface area contributed by atoms with Gasteiger partial charge in [-0.1, -0.05) is 0 Å². The fourth-order valence-corrected chi connectivity index (χ4v) is 0.302. The monoisotopic (exact) mass is 294 g/mol. The van der Waals surface area contributed by atoms with E-state index in [2.05, 4.69) is 0 Å². The summed E-state index contributed by atoms with van der Waals surface area (Å²) < 4.78 is 0. The van der Waals surface area contributed by atoms with Crippen molar-refractivity contribution in [3.63, 3.8) is 0 Å². The van der Waals surface area contributed by atoms with Crippen LogP contribution in [-0.4, -0.2) is 15.7 Å². The molecule has 0 unspecified atom stereocenters. The summed E-state index contributed by atoms with van der Waals surface area (Å²) in [6.07, 6.45) is 1.28. The zero-order chi connectivity index (χ0) is 5.86. The molecule has 49 valence electrons. The molecular formula is C5H9IrO2+. The Balaban J connectivity index is 0. The molecule has 2 nitrogen and oxygen atoms in total. The molecule has 1 radical (unpaired) electrons. The van der Waals surface area contributed by atoms with E-state index >= 15 is 0 Å². The Kier molecular flexibility index (Phi) is 6.74. The van der Waals surface area contributed by atoms with Crippen LogP contribution in [0.3, 0.4) is 0 Å². The van der Waals surface area contributed by atoms with Gasteiger partial charge in [0.1, 0.15) is 0 Å². The van der Waals surface area contributed by atoms with Crippen molar-refractivity contribution < 1.29 is 30.0 Å². The molecule has 0 saturated heterocycles. The van der Waals surface area contributed by atoms with E-state index in [0.717, 1.165) is 0 Å². The van der Waals surface area contributed by atoms with Crippen LogP contribution in [0.1, 0.15) is 13.8 Å². The fourth-order valence-electron chi connectivity index (χ4n) is 0.302. The predicted molar refractivity (Wildman–Crippen MR) is 29.0 cm³/mol. The maximum Gasteiger partial charge on any atom is 0.316 e. The van der Waals surface area contributed by atoms with Crippen molar-refractivity contribution in [2.75, 3.05) is 0 Å². The molecule has 0 fully saturated rings. The summed E-state index contributed by atoms with van der Waals surface area (Å²) in [7, 11) is 0. The van der Waals surface area contributed by atoms with E-state index in [0.29, 0.717) is 0 Å². The van der Waals surface area contributed by atoms with Crippen molar-refractivity contribution in [3.05, 3.63) is 11.8 Å². The Labute approximate surface area is 61.9 Å². The summed E-state index contributed by atoms with van der Waals surface area (Å²) in [5, 5.41) is 8.40. The van der Waals surface area contributed by atoms with Crippen LogP contribution in [0.25, 0.3) is 0 Å². The molecule has 0 bridgehead atoms. The number of rotatable bonds is 1. The summed E-state index contributed by atoms with van der Waals surface area (Å²) >= 11 is 0. The van der Waals surface area contributed by atoms with Crippen molar-refractivity contribution in [1.29, 1.82) is 0 Å². The summed E-state index contributed by atoms with van der Waals surface area (Å²) in [4.78, 5) is 8.40. The van der Waals surface area contributed by atoms with Crippen molar-refractivity contribution in [2.45, 2.75) is 13.8 Å². The average molecular weight is 293 g/mol. The molecule has 2 N–H and O–H groups in total. The number of carbonyl (C=O) groups excluding carboxylic acids is 1. The number of aliphatic hydroxyl groups excluding tert-OH is 1. The third-order valence-corrected chi connectivity index (χ3v) is 0.418. The summed E-state index contributed by atoms with van der Waals surface area (Å²) in [5.74, 6) is 0.250. The van der Waals surface area contributed by atoms with E-state index in [1.165, 1.54) is 19.9 Å². The van der Waals surface area contributed by atoms with Crippen LogP contribution in [-0.2, 0) is 20.1 Å². The Morgan fingerprint density at radius 1 is 1.50 bits per heavy atom. The largest absolute Gasteiger partial charge is 0.512 e. The van der Waals surface area contributed by atoms with Crippen molar-refractivity contribution in [3.8, 4) is 0 Å². The van der Waals surface area contributed by atoms with Gasteiger partial charge in [0, 0.05) is 20.1 Å². The summed E-state index contributed by atoms with van der Waals surface area (Å²) in [5.41, 5.74) is 0. The smallest absolute Gasteiger partial charge is 0.316 e. The minimum absolute atomic E-state index is 0. The van der Waals surface area contributed by atoms with Gasteiger partial charge in [0.15, 0.2) is 0 Å². The Bertz CT molecular complexity index is 103. The Morgan fingerprint density at radius 3 is 1.88 bits per heavy atom. The molecule has 0 saturated carbocycles. The molecule has 3 heteroatoms. The molecule has 0 amide bonds. The maximum absolute atomic E-state index is 8.40. The number of hydrogen-bond donors (Lipinski definition) is 1. The van der Waals surface area contributed by atoms with Gasteiger partial charge < -0.3 is 5.11 Å². The van der Waals surface area contributed by atoms with Crippen molar-refractivity contribution >= 4 is 5.78 Å². The van der Waals surface area contributed by atoms with Gasteiger partial charge in [-0.2, -0.15) is 0 Å². The van der Waals surface area contributed by atoms with E-state index in [1.54, 1.807) is 0 Å². The zero-order valence-electron chi connectivity index (χ0n) is 4.81. The fraction of sp³-hybridized carbons (Fsp3) is 0.400. The minimum Gasteiger partial charge on any atom is -0.512 e. The number of allylic oxidation sites excluding steroid dienone is 2. The Hall–Kier alpha value is -0.141. The first-order valence-electron chi connectivity index (χ1n) is 2.02. The summed E-state index contributed by atoms with van der Waals surface area (Å²) in [6.45, 7) is 3.00. The van der Waals surface area contributed by atoms with E-state index in [9.17, 15) is 0 Å². The second kappa shape index (κ2) is 5.01. The molecular weight excluding hydrogens is 284 g/mol. The maximum atomic E-state index is 8.40. The van der Waals surface area contributed by atoms with E-state index in [4.69, 9.17) is 9.90 Å². The second-order valence-electron chi connectivity index (χ2n) is 1.43. The molecule has 0 aliphatic heterocycles. The second-order valence-corrected chi connectivity index (χ2v) is 1.43. The predicted octanol–water partition coefficient (Wildman–Crippen LogP) is 1.01.